The average Bonchev–Trinajstić information content (AvgIpc) is 2.49. The average molecular weight is 314 g/mol. The van der Waals surface area contributed by atoms with Gasteiger partial charge < -0.3 is 14.9 Å². The molecular formula is C12H15N2O6P. The van der Waals surface area contributed by atoms with Crippen molar-refractivity contribution in [2.24, 2.45) is 0 Å². The maximum absolute atomic E-state index is 11.6. The summed E-state index contributed by atoms with van der Waals surface area (Å²) >= 11 is 0. The van der Waals surface area contributed by atoms with Crippen molar-refractivity contribution in [3.8, 4) is 0 Å². The molecule has 0 aliphatic carbocycles. The second-order valence-corrected chi connectivity index (χ2v) is 6.18. The molecule has 0 radical (unpaired) electrons. The highest BCUT2D eigenvalue weighted by atomic mass is 31.2. The van der Waals surface area contributed by atoms with Crippen LogP contribution in [0.5, 0.6) is 0 Å². The number of ether oxygens (including phenoxy) is 1. The van der Waals surface area contributed by atoms with E-state index >= 15 is 0 Å². The summed E-state index contributed by atoms with van der Waals surface area (Å²) in [5.41, 5.74) is 0.813. The third-order valence-corrected chi connectivity index (χ3v) is 4.40. The standard InChI is InChI=1S/C12H15N2O6P/c1-19-21(17,18)14-7-10(11(14)15)13-12(16)20-8-9-5-3-2-4-6-9/h2-6,10H,7-8H2,1H3,(H,13,16)(H,17,18)/t10-/m0/s1. The molecule has 2 rings (SSSR count). The molecule has 1 aliphatic heterocycles. The number of nitrogens with zero attached hydrogens (tertiary/aromatic N) is 1. The molecule has 1 aromatic carbocycles. The van der Waals surface area contributed by atoms with Crippen LogP contribution in [-0.4, -0.2) is 41.3 Å². The number of hydrogen-bond acceptors (Lipinski definition) is 5. The first kappa shape index (κ1) is 15.5. The highest BCUT2D eigenvalue weighted by Gasteiger charge is 2.48. The Morgan fingerprint density at radius 3 is 2.71 bits per heavy atom. The minimum atomic E-state index is -4.09. The van der Waals surface area contributed by atoms with Crippen molar-refractivity contribution >= 4 is 19.7 Å². The number of rotatable bonds is 5. The first-order chi connectivity index (χ1) is 9.94. The fourth-order valence-electron chi connectivity index (χ4n) is 1.75. The van der Waals surface area contributed by atoms with Crippen molar-refractivity contribution in [1.29, 1.82) is 0 Å². The molecule has 1 saturated heterocycles. The second kappa shape index (κ2) is 6.26. The third kappa shape index (κ3) is 3.60. The lowest BCUT2D eigenvalue weighted by Crippen LogP contribution is -2.62. The van der Waals surface area contributed by atoms with E-state index in [1.165, 1.54) is 0 Å². The molecule has 1 fully saturated rings. The molecule has 2 amide bonds. The van der Waals surface area contributed by atoms with Crippen LogP contribution in [0.1, 0.15) is 5.56 Å². The summed E-state index contributed by atoms with van der Waals surface area (Å²) in [7, 11) is -3.06. The fraction of sp³-hybridized carbons (Fsp3) is 0.333. The molecule has 0 bridgehead atoms. The van der Waals surface area contributed by atoms with E-state index in [9.17, 15) is 19.0 Å². The van der Waals surface area contributed by atoms with Gasteiger partial charge in [0, 0.05) is 7.11 Å². The zero-order valence-electron chi connectivity index (χ0n) is 11.3. The highest BCUT2D eigenvalue weighted by molar-refractivity contribution is 7.51. The van der Waals surface area contributed by atoms with Crippen LogP contribution in [0.3, 0.4) is 0 Å². The monoisotopic (exact) mass is 314 g/mol. The molecule has 114 valence electrons. The number of carbonyl (C=O) groups is 2. The minimum absolute atomic E-state index is 0.0772. The maximum atomic E-state index is 11.6. The molecule has 21 heavy (non-hydrogen) atoms. The van der Waals surface area contributed by atoms with Gasteiger partial charge in [0.05, 0.1) is 6.54 Å². The normalized spacial score (nSPS) is 20.4. The van der Waals surface area contributed by atoms with Gasteiger partial charge >= 0.3 is 13.8 Å². The minimum Gasteiger partial charge on any atom is -0.445 e. The van der Waals surface area contributed by atoms with Crippen LogP contribution in [0.2, 0.25) is 0 Å². The largest absolute Gasteiger partial charge is 0.445 e. The Bertz CT molecular complexity index is 578. The maximum Gasteiger partial charge on any atom is 0.434 e. The Hall–Kier alpha value is -1.89. The summed E-state index contributed by atoms with van der Waals surface area (Å²) in [6.07, 6.45) is -0.762. The SMILES string of the molecule is COP(=O)(O)N1C[C@H](NC(=O)OCc2ccccc2)C1=O. The van der Waals surface area contributed by atoms with Gasteiger partial charge in [-0.25, -0.2) is 14.0 Å². The van der Waals surface area contributed by atoms with Crippen LogP contribution in [-0.2, 0) is 25.2 Å². The fourth-order valence-corrected chi connectivity index (χ4v) is 2.70. The molecule has 1 unspecified atom stereocenters. The Morgan fingerprint density at radius 1 is 1.48 bits per heavy atom. The molecule has 2 N–H and O–H groups in total. The van der Waals surface area contributed by atoms with Crippen molar-refractivity contribution in [1.82, 2.24) is 9.99 Å². The van der Waals surface area contributed by atoms with Crippen molar-refractivity contribution in [2.45, 2.75) is 12.6 Å². The first-order valence-corrected chi connectivity index (χ1v) is 7.64. The predicted octanol–water partition coefficient (Wildman–Crippen LogP) is 0.870. The van der Waals surface area contributed by atoms with E-state index < -0.39 is 25.8 Å². The first-order valence-electron chi connectivity index (χ1n) is 6.11. The molecule has 0 spiro atoms. The van der Waals surface area contributed by atoms with Gasteiger partial charge in [-0.2, -0.15) is 0 Å². The van der Waals surface area contributed by atoms with Crippen LogP contribution in [0.25, 0.3) is 0 Å². The molecule has 1 aliphatic rings. The Balaban J connectivity index is 1.78. The Kier molecular flexibility index (Phi) is 4.62. The Morgan fingerprint density at radius 2 is 2.14 bits per heavy atom. The summed E-state index contributed by atoms with van der Waals surface area (Å²) in [6.45, 7) is -0.0191. The number of hydrogen-bond donors (Lipinski definition) is 2. The number of benzene rings is 1. The van der Waals surface area contributed by atoms with Gasteiger partial charge in [0.2, 0.25) is 0 Å². The molecule has 9 heteroatoms. The molecule has 8 nitrogen and oxygen atoms in total. The summed E-state index contributed by atoms with van der Waals surface area (Å²) in [5.74, 6) is -0.681. The predicted molar refractivity (Wildman–Crippen MR) is 72.1 cm³/mol. The van der Waals surface area contributed by atoms with Crippen molar-refractivity contribution < 1.29 is 28.3 Å². The number of carbonyl (C=O) groups excluding carboxylic acids is 2. The van der Waals surface area contributed by atoms with Crippen molar-refractivity contribution in [3.63, 3.8) is 0 Å². The molecule has 2 atom stereocenters. The van der Waals surface area contributed by atoms with E-state index in [4.69, 9.17) is 4.74 Å². The zero-order valence-corrected chi connectivity index (χ0v) is 12.2. The van der Waals surface area contributed by atoms with Crippen LogP contribution in [0.15, 0.2) is 30.3 Å². The molecule has 0 saturated carbocycles. The molecular weight excluding hydrogens is 299 g/mol. The summed E-state index contributed by atoms with van der Waals surface area (Å²) < 4.78 is 21.4. The van der Waals surface area contributed by atoms with E-state index in [0.717, 1.165) is 12.7 Å². The second-order valence-electron chi connectivity index (χ2n) is 4.35. The smallest absolute Gasteiger partial charge is 0.434 e. The van der Waals surface area contributed by atoms with E-state index in [1.807, 2.05) is 18.2 Å². The van der Waals surface area contributed by atoms with Crippen LogP contribution in [0.4, 0.5) is 4.79 Å². The lowest BCUT2D eigenvalue weighted by Gasteiger charge is -2.38. The van der Waals surface area contributed by atoms with Gasteiger partial charge in [-0.05, 0) is 5.56 Å². The van der Waals surface area contributed by atoms with E-state index in [0.29, 0.717) is 4.67 Å². The zero-order chi connectivity index (χ0) is 15.5. The molecule has 1 aromatic rings. The van der Waals surface area contributed by atoms with Gasteiger partial charge in [0.25, 0.3) is 5.91 Å². The highest BCUT2D eigenvalue weighted by Crippen LogP contribution is 2.48. The quantitative estimate of drug-likeness (QED) is 0.617. The van der Waals surface area contributed by atoms with Crippen LogP contribution < -0.4 is 5.32 Å². The van der Waals surface area contributed by atoms with Crippen molar-refractivity contribution in [2.75, 3.05) is 13.7 Å². The van der Waals surface area contributed by atoms with Gasteiger partial charge in [-0.3, -0.25) is 9.32 Å². The van der Waals surface area contributed by atoms with E-state index in [-0.39, 0.29) is 13.2 Å². The Labute approximate surface area is 121 Å². The topological polar surface area (TPSA) is 105 Å². The summed E-state index contributed by atoms with van der Waals surface area (Å²) in [4.78, 5) is 32.5. The number of alkyl carbamates (subject to hydrolysis) is 1. The van der Waals surface area contributed by atoms with Crippen LogP contribution in [0, 0.1) is 0 Å². The number of amides is 2. The van der Waals surface area contributed by atoms with Crippen molar-refractivity contribution in [3.05, 3.63) is 35.9 Å². The lowest BCUT2D eigenvalue weighted by molar-refractivity contribution is -0.138. The molecule has 1 heterocycles. The van der Waals surface area contributed by atoms with Gasteiger partial charge in [0.15, 0.2) is 0 Å². The number of β-lactam (4-membered cyclic amide) rings is 1. The van der Waals surface area contributed by atoms with E-state index in [2.05, 4.69) is 9.84 Å². The van der Waals surface area contributed by atoms with E-state index in [1.54, 1.807) is 12.1 Å². The summed E-state index contributed by atoms with van der Waals surface area (Å²) in [6, 6.07) is 8.19. The lowest BCUT2D eigenvalue weighted by atomic mass is 10.2. The molecule has 0 aromatic heterocycles. The van der Waals surface area contributed by atoms with Gasteiger partial charge in [-0.15, -0.1) is 0 Å². The number of nitrogens with one attached hydrogen (secondary N) is 1. The van der Waals surface area contributed by atoms with Crippen LogP contribution >= 0.6 is 7.75 Å². The van der Waals surface area contributed by atoms with Gasteiger partial charge in [-0.1, -0.05) is 30.3 Å². The third-order valence-electron chi connectivity index (χ3n) is 2.96. The summed E-state index contributed by atoms with van der Waals surface area (Å²) in [5, 5.41) is 2.32. The van der Waals surface area contributed by atoms with Gasteiger partial charge in [0.1, 0.15) is 12.6 Å².